The smallest absolute Gasteiger partial charge is 0.339 e. The lowest BCUT2D eigenvalue weighted by Crippen LogP contribution is -2.34. The molecule has 0 fully saturated rings. The maximum absolute atomic E-state index is 12.7. The number of methoxy groups -OCH3 is 5. The highest BCUT2D eigenvalue weighted by Crippen LogP contribution is 2.38. The molecule has 0 atom stereocenters. The van der Waals surface area contributed by atoms with Gasteiger partial charge in [0.1, 0.15) is 5.75 Å². The van der Waals surface area contributed by atoms with Gasteiger partial charge in [0.2, 0.25) is 5.75 Å². The molecule has 11 heteroatoms. The first-order chi connectivity index (χ1) is 14.8. The van der Waals surface area contributed by atoms with Crippen molar-refractivity contribution in [2.75, 3.05) is 40.9 Å². The van der Waals surface area contributed by atoms with Gasteiger partial charge in [-0.1, -0.05) is 11.6 Å². The Morgan fingerprint density at radius 1 is 0.871 bits per heavy atom. The van der Waals surface area contributed by atoms with Gasteiger partial charge in [0, 0.05) is 5.56 Å². The number of nitrogens with one attached hydrogen (secondary N) is 2. The van der Waals surface area contributed by atoms with Gasteiger partial charge in [-0.05, 0) is 36.5 Å². The zero-order valence-corrected chi connectivity index (χ0v) is 19.0. The predicted molar refractivity (Wildman–Crippen MR) is 119 cm³/mol. The average Bonchev–Trinajstić information content (AvgIpc) is 2.77. The Morgan fingerprint density at radius 2 is 1.45 bits per heavy atom. The third kappa shape index (κ3) is 5.47. The molecule has 1 amide bonds. The van der Waals surface area contributed by atoms with Gasteiger partial charge in [-0.3, -0.25) is 10.1 Å². The van der Waals surface area contributed by atoms with Gasteiger partial charge in [0.05, 0.1) is 51.8 Å². The number of carbonyl (C=O) groups is 2. The van der Waals surface area contributed by atoms with Crippen molar-refractivity contribution in [3.05, 3.63) is 40.4 Å². The van der Waals surface area contributed by atoms with Crippen LogP contribution in [0.15, 0.2) is 24.3 Å². The minimum Gasteiger partial charge on any atom is -0.495 e. The van der Waals surface area contributed by atoms with E-state index in [-0.39, 0.29) is 27.0 Å². The fourth-order valence-corrected chi connectivity index (χ4v) is 3.07. The van der Waals surface area contributed by atoms with Crippen molar-refractivity contribution in [3.8, 4) is 23.0 Å². The first kappa shape index (κ1) is 24.0. The van der Waals surface area contributed by atoms with Crippen molar-refractivity contribution < 1.29 is 33.3 Å². The number of rotatable bonds is 7. The number of amides is 1. The topological polar surface area (TPSA) is 104 Å². The summed E-state index contributed by atoms with van der Waals surface area (Å²) >= 11 is 11.4. The summed E-state index contributed by atoms with van der Waals surface area (Å²) in [4.78, 5) is 24.5. The summed E-state index contributed by atoms with van der Waals surface area (Å²) in [5.41, 5.74) is 0.693. The van der Waals surface area contributed by atoms with Crippen LogP contribution in [0.5, 0.6) is 23.0 Å². The van der Waals surface area contributed by atoms with E-state index in [2.05, 4.69) is 15.4 Å². The number of esters is 1. The SMILES string of the molecule is COC(=O)c1cc(OC)c(NC(=S)NC(=O)c2cc(OC)c(OC)c(OC)c2)cc1Cl. The first-order valence-corrected chi connectivity index (χ1v) is 9.46. The molecule has 0 aromatic heterocycles. The summed E-state index contributed by atoms with van der Waals surface area (Å²) in [6, 6.07) is 5.81. The van der Waals surface area contributed by atoms with Crippen LogP contribution in [0.4, 0.5) is 5.69 Å². The quantitative estimate of drug-likeness (QED) is 0.467. The van der Waals surface area contributed by atoms with Gasteiger partial charge in [0.15, 0.2) is 16.6 Å². The molecule has 0 saturated carbocycles. The summed E-state index contributed by atoms with van der Waals surface area (Å²) in [6.07, 6.45) is 0. The maximum Gasteiger partial charge on any atom is 0.339 e. The van der Waals surface area contributed by atoms with Crippen molar-refractivity contribution in [2.24, 2.45) is 0 Å². The number of ether oxygens (including phenoxy) is 5. The highest BCUT2D eigenvalue weighted by molar-refractivity contribution is 7.80. The molecule has 0 radical (unpaired) electrons. The summed E-state index contributed by atoms with van der Waals surface area (Å²) in [6.45, 7) is 0. The Hall–Kier alpha value is -3.24. The Balaban J connectivity index is 2.24. The molecule has 2 aromatic rings. The molecule has 0 saturated heterocycles. The molecule has 0 aliphatic carbocycles. The van der Waals surface area contributed by atoms with Crippen molar-refractivity contribution in [3.63, 3.8) is 0 Å². The minimum atomic E-state index is -0.617. The fraction of sp³-hybridized carbons (Fsp3) is 0.250. The number of carbonyl (C=O) groups excluding carboxylic acids is 2. The lowest BCUT2D eigenvalue weighted by Gasteiger charge is -2.16. The second-order valence-electron chi connectivity index (χ2n) is 5.85. The first-order valence-electron chi connectivity index (χ1n) is 8.67. The van der Waals surface area contributed by atoms with Crippen molar-refractivity contribution in [2.45, 2.75) is 0 Å². The molecule has 2 N–H and O–H groups in total. The van der Waals surface area contributed by atoms with Crippen LogP contribution < -0.4 is 29.6 Å². The molecule has 2 aromatic carbocycles. The van der Waals surface area contributed by atoms with E-state index in [4.69, 9.17) is 42.8 Å². The van der Waals surface area contributed by atoms with E-state index in [9.17, 15) is 9.59 Å². The molecule has 2 rings (SSSR count). The number of halogens is 1. The van der Waals surface area contributed by atoms with Gasteiger partial charge in [-0.2, -0.15) is 0 Å². The van der Waals surface area contributed by atoms with E-state index in [1.165, 1.54) is 59.8 Å². The third-order valence-electron chi connectivity index (χ3n) is 4.10. The Morgan fingerprint density at radius 3 is 1.94 bits per heavy atom. The summed E-state index contributed by atoms with van der Waals surface area (Å²) in [5, 5.41) is 5.45. The van der Waals surface area contributed by atoms with E-state index in [1.54, 1.807) is 0 Å². The molecule has 166 valence electrons. The Labute approximate surface area is 189 Å². The molecule has 0 aliphatic rings. The van der Waals surface area contributed by atoms with Crippen LogP contribution in [-0.4, -0.2) is 52.5 Å². The lowest BCUT2D eigenvalue weighted by atomic mass is 10.1. The van der Waals surface area contributed by atoms with Crippen LogP contribution in [0.1, 0.15) is 20.7 Å². The van der Waals surface area contributed by atoms with Gasteiger partial charge in [-0.25, -0.2) is 4.79 Å². The van der Waals surface area contributed by atoms with Gasteiger partial charge < -0.3 is 29.0 Å². The summed E-state index contributed by atoms with van der Waals surface area (Å²) in [7, 11) is 7.00. The molecular weight excluding hydrogens is 448 g/mol. The minimum absolute atomic E-state index is 0.0288. The number of benzene rings is 2. The largest absolute Gasteiger partial charge is 0.495 e. The van der Waals surface area contributed by atoms with Crippen LogP contribution in [0.3, 0.4) is 0 Å². The maximum atomic E-state index is 12.7. The molecule has 0 heterocycles. The zero-order valence-electron chi connectivity index (χ0n) is 17.5. The third-order valence-corrected chi connectivity index (χ3v) is 4.61. The van der Waals surface area contributed by atoms with Crippen molar-refractivity contribution >= 4 is 46.5 Å². The van der Waals surface area contributed by atoms with Crippen LogP contribution >= 0.6 is 23.8 Å². The number of thiocarbonyl (C=S) groups is 1. The van der Waals surface area contributed by atoms with Gasteiger partial charge >= 0.3 is 5.97 Å². The van der Waals surface area contributed by atoms with Gasteiger partial charge in [-0.15, -0.1) is 0 Å². The second-order valence-corrected chi connectivity index (χ2v) is 6.66. The van der Waals surface area contributed by atoms with Crippen LogP contribution in [-0.2, 0) is 4.74 Å². The normalized spacial score (nSPS) is 10.0. The molecule has 0 aliphatic heterocycles. The lowest BCUT2D eigenvalue weighted by molar-refractivity contribution is 0.0600. The van der Waals surface area contributed by atoms with Gasteiger partial charge in [0.25, 0.3) is 5.91 Å². The molecular formula is C20H21ClN2O7S. The van der Waals surface area contributed by atoms with Crippen LogP contribution in [0.2, 0.25) is 5.02 Å². The van der Waals surface area contributed by atoms with Crippen molar-refractivity contribution in [1.82, 2.24) is 5.32 Å². The fourth-order valence-electron chi connectivity index (χ4n) is 2.63. The number of hydrogen-bond donors (Lipinski definition) is 2. The second kappa shape index (κ2) is 10.7. The van der Waals surface area contributed by atoms with Crippen LogP contribution in [0.25, 0.3) is 0 Å². The molecule has 9 nitrogen and oxygen atoms in total. The summed E-state index contributed by atoms with van der Waals surface area (Å²) < 4.78 is 25.7. The predicted octanol–water partition coefficient (Wildman–Crippen LogP) is 3.29. The standard InChI is InChI=1S/C20H21ClN2O7S/c1-26-14-8-11(19(25)30-5)12(21)9-13(14)22-20(31)23-18(24)10-6-15(27-2)17(29-4)16(7-10)28-3/h6-9H,1-5H3,(H2,22,23,24,31). The zero-order chi connectivity index (χ0) is 23.1. The van der Waals surface area contributed by atoms with Crippen LogP contribution in [0, 0.1) is 0 Å². The highest BCUT2D eigenvalue weighted by atomic mass is 35.5. The Bertz CT molecular complexity index is 988. The van der Waals surface area contributed by atoms with E-state index >= 15 is 0 Å². The monoisotopic (exact) mass is 468 g/mol. The molecule has 31 heavy (non-hydrogen) atoms. The highest BCUT2D eigenvalue weighted by Gasteiger charge is 2.19. The summed E-state index contributed by atoms with van der Waals surface area (Å²) in [5.74, 6) is 0.123. The van der Waals surface area contributed by atoms with Crippen molar-refractivity contribution in [1.29, 1.82) is 0 Å². The number of hydrogen-bond acceptors (Lipinski definition) is 8. The molecule has 0 unspecified atom stereocenters. The Kier molecular flexibility index (Phi) is 8.29. The number of anilines is 1. The van der Waals surface area contributed by atoms with E-state index < -0.39 is 11.9 Å². The molecule has 0 spiro atoms. The molecule has 0 bridgehead atoms. The average molecular weight is 469 g/mol. The van der Waals surface area contributed by atoms with E-state index in [0.717, 1.165) is 0 Å². The van der Waals surface area contributed by atoms with E-state index in [0.29, 0.717) is 22.9 Å². The van der Waals surface area contributed by atoms with E-state index in [1.807, 2.05) is 0 Å².